The molecule has 2 aromatic carbocycles. The van der Waals surface area contributed by atoms with Gasteiger partial charge in [0, 0.05) is 38.3 Å². The van der Waals surface area contributed by atoms with Gasteiger partial charge in [0.05, 0.1) is 11.4 Å². The number of amides is 2. The van der Waals surface area contributed by atoms with Crippen LogP contribution in [0.5, 0.6) is 0 Å². The summed E-state index contributed by atoms with van der Waals surface area (Å²) in [5.41, 5.74) is 2.56. The van der Waals surface area contributed by atoms with Crippen LogP contribution in [0.4, 0.5) is 5.69 Å². The van der Waals surface area contributed by atoms with E-state index in [9.17, 15) is 18.0 Å². The van der Waals surface area contributed by atoms with Crippen LogP contribution >= 0.6 is 0 Å². The maximum absolute atomic E-state index is 13.2. The number of carbonyl (C=O) groups is 2. The Labute approximate surface area is 190 Å². The Bertz CT molecular complexity index is 1100. The molecule has 1 aliphatic heterocycles. The first-order chi connectivity index (χ1) is 15.0. The molecular weight excluding hydrogens is 426 g/mol. The number of hydrogen-bond donors (Lipinski definition) is 0. The van der Waals surface area contributed by atoms with Crippen LogP contribution in [0.25, 0.3) is 0 Å². The van der Waals surface area contributed by atoms with Gasteiger partial charge < -0.3 is 9.80 Å². The lowest BCUT2D eigenvalue weighted by atomic mass is 10.1. The Kier molecular flexibility index (Phi) is 7.05. The van der Waals surface area contributed by atoms with Gasteiger partial charge >= 0.3 is 0 Å². The van der Waals surface area contributed by atoms with E-state index >= 15 is 0 Å². The highest BCUT2D eigenvalue weighted by Gasteiger charge is 2.32. The fraction of sp³-hybridized carbons (Fsp3) is 0.417. The lowest BCUT2D eigenvalue weighted by Crippen LogP contribution is -2.43. The smallest absolute Gasteiger partial charge is 0.243 e. The summed E-state index contributed by atoms with van der Waals surface area (Å²) >= 11 is 0. The van der Waals surface area contributed by atoms with E-state index in [1.807, 2.05) is 51.1 Å². The van der Waals surface area contributed by atoms with Gasteiger partial charge in [0.15, 0.2) is 0 Å². The molecule has 3 rings (SSSR count). The van der Waals surface area contributed by atoms with Gasteiger partial charge in [-0.25, -0.2) is 8.42 Å². The minimum Gasteiger partial charge on any atom is -0.335 e. The molecule has 0 radical (unpaired) electrons. The van der Waals surface area contributed by atoms with Gasteiger partial charge in [0.25, 0.3) is 0 Å². The van der Waals surface area contributed by atoms with Crippen molar-refractivity contribution in [1.82, 2.24) is 9.21 Å². The van der Waals surface area contributed by atoms with Crippen molar-refractivity contribution in [2.75, 3.05) is 18.5 Å². The molecule has 2 amide bonds. The minimum atomic E-state index is -3.86. The molecule has 32 heavy (non-hydrogen) atoms. The van der Waals surface area contributed by atoms with Crippen LogP contribution in [0, 0.1) is 0 Å². The molecule has 1 atom stereocenters. The molecule has 0 unspecified atom stereocenters. The first kappa shape index (κ1) is 23.9. The van der Waals surface area contributed by atoms with E-state index in [4.69, 9.17) is 0 Å². The third kappa shape index (κ3) is 4.86. The number of likely N-dealkylation sites (N-methyl/N-ethyl adjacent to an activating group) is 1. The SMILES string of the molecule is CC(=O)N1c2ccc(S(=O)(=O)N(C)CC(=O)N(Cc3ccccc3)C(C)C)cc2C[C@@H]1C. The summed E-state index contributed by atoms with van der Waals surface area (Å²) in [5.74, 6) is -0.325. The highest BCUT2D eigenvalue weighted by molar-refractivity contribution is 7.89. The first-order valence-electron chi connectivity index (χ1n) is 10.7. The maximum Gasteiger partial charge on any atom is 0.243 e. The van der Waals surface area contributed by atoms with Gasteiger partial charge in [-0.05, 0) is 56.5 Å². The topological polar surface area (TPSA) is 78.0 Å². The molecule has 1 heterocycles. The predicted octanol–water partition coefficient (Wildman–Crippen LogP) is 3.04. The molecule has 0 spiro atoms. The molecule has 2 aromatic rings. The quantitative estimate of drug-likeness (QED) is 0.640. The number of fused-ring (bicyclic) bond motifs is 1. The Morgan fingerprint density at radius 2 is 1.78 bits per heavy atom. The van der Waals surface area contributed by atoms with E-state index in [1.54, 1.807) is 21.9 Å². The molecule has 0 N–H and O–H groups in total. The number of carbonyl (C=O) groups excluding carboxylic acids is 2. The van der Waals surface area contributed by atoms with Crippen LogP contribution in [-0.4, -0.2) is 55.1 Å². The first-order valence-corrected chi connectivity index (χ1v) is 12.2. The third-order valence-corrected chi connectivity index (χ3v) is 7.61. The minimum absolute atomic E-state index is 0.0163. The zero-order valence-electron chi connectivity index (χ0n) is 19.3. The van der Waals surface area contributed by atoms with Crippen molar-refractivity contribution in [2.24, 2.45) is 0 Å². The summed E-state index contributed by atoms with van der Waals surface area (Å²) in [6, 6.07) is 14.3. The van der Waals surface area contributed by atoms with Crippen molar-refractivity contribution in [3.8, 4) is 0 Å². The van der Waals surface area contributed by atoms with Gasteiger partial charge in [-0.3, -0.25) is 9.59 Å². The third-order valence-electron chi connectivity index (χ3n) is 5.81. The summed E-state index contributed by atoms with van der Waals surface area (Å²) in [6.45, 7) is 7.44. The van der Waals surface area contributed by atoms with Crippen molar-refractivity contribution in [3.05, 3.63) is 59.7 Å². The molecule has 172 valence electrons. The number of rotatable bonds is 7. The monoisotopic (exact) mass is 457 g/mol. The molecule has 0 fully saturated rings. The van der Waals surface area contributed by atoms with E-state index in [-0.39, 0.29) is 35.3 Å². The Hall–Kier alpha value is -2.71. The fourth-order valence-corrected chi connectivity index (χ4v) is 5.30. The predicted molar refractivity (Wildman–Crippen MR) is 125 cm³/mol. The highest BCUT2D eigenvalue weighted by atomic mass is 32.2. The fourth-order valence-electron chi connectivity index (χ4n) is 4.13. The van der Waals surface area contributed by atoms with Crippen molar-refractivity contribution < 1.29 is 18.0 Å². The molecule has 1 aliphatic rings. The number of benzene rings is 2. The van der Waals surface area contributed by atoms with Gasteiger partial charge in [-0.15, -0.1) is 0 Å². The molecule has 7 nitrogen and oxygen atoms in total. The van der Waals surface area contributed by atoms with Crippen LogP contribution in [0.1, 0.15) is 38.8 Å². The molecule has 0 aromatic heterocycles. The second-order valence-electron chi connectivity index (χ2n) is 8.59. The van der Waals surface area contributed by atoms with E-state index < -0.39 is 10.0 Å². The zero-order chi connectivity index (χ0) is 23.6. The van der Waals surface area contributed by atoms with E-state index in [1.165, 1.54) is 20.0 Å². The van der Waals surface area contributed by atoms with Gasteiger partial charge in [-0.2, -0.15) is 4.31 Å². The average Bonchev–Trinajstić information content (AvgIpc) is 3.07. The largest absolute Gasteiger partial charge is 0.335 e. The second kappa shape index (κ2) is 9.42. The number of anilines is 1. The summed E-state index contributed by atoms with van der Waals surface area (Å²) in [4.78, 5) is 28.4. The standard InChI is InChI=1S/C24H31N3O4S/c1-17(2)26(15-20-9-7-6-8-10-20)24(29)16-25(5)32(30,31)22-11-12-23-21(14-22)13-18(3)27(23)19(4)28/h6-12,14,17-18H,13,15-16H2,1-5H3/t18-/m0/s1. The molecule has 8 heteroatoms. The van der Waals surface area contributed by atoms with Gasteiger partial charge in [-0.1, -0.05) is 30.3 Å². The molecule has 0 saturated carbocycles. The van der Waals surface area contributed by atoms with E-state index in [2.05, 4.69) is 0 Å². The van der Waals surface area contributed by atoms with Crippen molar-refractivity contribution in [2.45, 2.75) is 57.6 Å². The highest BCUT2D eigenvalue weighted by Crippen LogP contribution is 2.34. The van der Waals surface area contributed by atoms with Gasteiger partial charge in [0.1, 0.15) is 0 Å². The van der Waals surface area contributed by atoms with Crippen LogP contribution in [0.2, 0.25) is 0 Å². The van der Waals surface area contributed by atoms with Crippen molar-refractivity contribution in [3.63, 3.8) is 0 Å². The molecule has 0 saturated heterocycles. The van der Waals surface area contributed by atoms with Crippen LogP contribution in [0.15, 0.2) is 53.4 Å². The van der Waals surface area contributed by atoms with Crippen LogP contribution in [-0.2, 0) is 32.6 Å². The lowest BCUT2D eigenvalue weighted by molar-refractivity contribution is -0.133. The summed E-state index contributed by atoms with van der Waals surface area (Å²) < 4.78 is 27.5. The molecular formula is C24H31N3O4S. The Balaban J connectivity index is 1.78. The van der Waals surface area contributed by atoms with Gasteiger partial charge in [0.2, 0.25) is 21.8 Å². The van der Waals surface area contributed by atoms with Crippen LogP contribution < -0.4 is 4.90 Å². The van der Waals surface area contributed by atoms with E-state index in [0.717, 1.165) is 21.1 Å². The molecule has 0 bridgehead atoms. The van der Waals surface area contributed by atoms with Crippen LogP contribution in [0.3, 0.4) is 0 Å². The number of nitrogens with zero attached hydrogens (tertiary/aromatic N) is 3. The zero-order valence-corrected chi connectivity index (χ0v) is 20.1. The summed E-state index contributed by atoms with van der Waals surface area (Å²) in [7, 11) is -2.44. The second-order valence-corrected chi connectivity index (χ2v) is 10.6. The average molecular weight is 458 g/mol. The Morgan fingerprint density at radius 1 is 1.12 bits per heavy atom. The summed E-state index contributed by atoms with van der Waals surface area (Å²) in [5, 5.41) is 0. The van der Waals surface area contributed by atoms with E-state index in [0.29, 0.717) is 13.0 Å². The molecule has 0 aliphatic carbocycles. The normalized spacial score (nSPS) is 15.8. The van der Waals surface area contributed by atoms with Crippen molar-refractivity contribution in [1.29, 1.82) is 0 Å². The lowest BCUT2D eigenvalue weighted by Gasteiger charge is -2.29. The maximum atomic E-state index is 13.2. The van der Waals surface area contributed by atoms with Crippen molar-refractivity contribution >= 4 is 27.5 Å². The Morgan fingerprint density at radius 3 is 2.38 bits per heavy atom. The summed E-state index contributed by atoms with van der Waals surface area (Å²) in [6.07, 6.45) is 0.596. The number of sulfonamides is 1. The number of hydrogen-bond acceptors (Lipinski definition) is 4.